The van der Waals surface area contributed by atoms with Crippen molar-refractivity contribution in [2.24, 2.45) is 5.73 Å². The molecular formula is C6H15NO. The smallest absolute Gasteiger partial charge is 0.111 e. The van der Waals surface area contributed by atoms with E-state index in [1.807, 2.05) is 13.8 Å². The van der Waals surface area contributed by atoms with Crippen LogP contribution in [0.25, 0.3) is 0 Å². The highest BCUT2D eigenvalue weighted by atomic mass is 16.5. The summed E-state index contributed by atoms with van der Waals surface area (Å²) in [5, 5.41) is 0. The maximum absolute atomic E-state index is 5.50. The third-order valence-corrected chi connectivity index (χ3v) is 0.678. The predicted octanol–water partition coefficient (Wildman–Crippen LogP) is 1.11. The molecule has 0 aromatic rings. The van der Waals surface area contributed by atoms with E-state index in [2.05, 4.69) is 6.92 Å². The maximum atomic E-state index is 5.50. The molecule has 0 saturated carbocycles. The van der Waals surface area contributed by atoms with Crippen LogP contribution in [0.15, 0.2) is 0 Å². The van der Waals surface area contributed by atoms with Gasteiger partial charge < -0.3 is 10.5 Å². The van der Waals surface area contributed by atoms with E-state index in [-0.39, 0.29) is 0 Å². The van der Waals surface area contributed by atoms with E-state index in [0.717, 1.165) is 13.0 Å². The molecule has 2 N–H and O–H groups in total. The Morgan fingerprint density at radius 1 is 1.50 bits per heavy atom. The Labute approximate surface area is 51.0 Å². The van der Waals surface area contributed by atoms with Gasteiger partial charge in [0.2, 0.25) is 0 Å². The van der Waals surface area contributed by atoms with Crippen molar-refractivity contribution in [2.45, 2.75) is 32.9 Å². The van der Waals surface area contributed by atoms with Crippen molar-refractivity contribution >= 4 is 0 Å². The summed E-state index contributed by atoms with van der Waals surface area (Å²) in [6.45, 7) is 6.51. The first-order chi connectivity index (χ1) is 3.56. The Morgan fingerprint density at radius 3 is 2.12 bits per heavy atom. The van der Waals surface area contributed by atoms with Gasteiger partial charge in [0.1, 0.15) is 5.72 Å². The summed E-state index contributed by atoms with van der Waals surface area (Å²) in [5.74, 6) is 0. The van der Waals surface area contributed by atoms with Crippen LogP contribution in [-0.4, -0.2) is 12.3 Å². The Kier molecular flexibility index (Phi) is 3.02. The van der Waals surface area contributed by atoms with E-state index in [9.17, 15) is 0 Å². The fraction of sp³-hybridized carbons (Fsp3) is 1.00. The van der Waals surface area contributed by atoms with Crippen LogP contribution < -0.4 is 5.73 Å². The van der Waals surface area contributed by atoms with Gasteiger partial charge in [-0.1, -0.05) is 6.92 Å². The van der Waals surface area contributed by atoms with E-state index in [4.69, 9.17) is 10.5 Å². The minimum absolute atomic E-state index is 0.448. The van der Waals surface area contributed by atoms with Crippen molar-refractivity contribution in [2.75, 3.05) is 6.61 Å². The van der Waals surface area contributed by atoms with Crippen molar-refractivity contribution in [3.8, 4) is 0 Å². The minimum atomic E-state index is -0.448. The summed E-state index contributed by atoms with van der Waals surface area (Å²) in [5.41, 5.74) is 5.05. The Bertz CT molecular complexity index is 56.0. The first-order valence-electron chi connectivity index (χ1n) is 2.99. The first kappa shape index (κ1) is 7.92. The van der Waals surface area contributed by atoms with Crippen molar-refractivity contribution in [3.63, 3.8) is 0 Å². The van der Waals surface area contributed by atoms with Gasteiger partial charge in [0.15, 0.2) is 0 Å². The summed E-state index contributed by atoms with van der Waals surface area (Å²) < 4.78 is 5.16. The molecule has 0 saturated heterocycles. The molecule has 0 aliphatic heterocycles. The molecule has 0 unspecified atom stereocenters. The van der Waals surface area contributed by atoms with Gasteiger partial charge in [0, 0.05) is 6.61 Å². The second-order valence-corrected chi connectivity index (χ2v) is 2.45. The molecule has 0 aromatic heterocycles. The van der Waals surface area contributed by atoms with Gasteiger partial charge in [-0.3, -0.25) is 0 Å². The van der Waals surface area contributed by atoms with Crippen LogP contribution in [0.2, 0.25) is 0 Å². The molecule has 0 spiro atoms. The molecule has 0 amide bonds. The molecule has 0 rings (SSSR count). The van der Waals surface area contributed by atoms with E-state index in [0.29, 0.717) is 0 Å². The second-order valence-electron chi connectivity index (χ2n) is 2.45. The van der Waals surface area contributed by atoms with E-state index >= 15 is 0 Å². The lowest BCUT2D eigenvalue weighted by atomic mass is 10.3. The van der Waals surface area contributed by atoms with Gasteiger partial charge in [0.25, 0.3) is 0 Å². The molecule has 0 radical (unpaired) electrons. The fourth-order valence-electron chi connectivity index (χ4n) is 0.365. The highest BCUT2D eigenvalue weighted by molar-refractivity contribution is 4.54. The lowest BCUT2D eigenvalue weighted by Crippen LogP contribution is -2.35. The molecule has 50 valence electrons. The standard InChI is InChI=1S/C6H15NO/c1-4-5-8-6(2,3)7/h4-5,7H2,1-3H3. The maximum Gasteiger partial charge on any atom is 0.111 e. The molecule has 0 heterocycles. The third-order valence-electron chi connectivity index (χ3n) is 0.678. The Morgan fingerprint density at radius 2 is 2.00 bits per heavy atom. The van der Waals surface area contributed by atoms with Crippen LogP contribution in [-0.2, 0) is 4.74 Å². The normalized spacial score (nSPS) is 12.0. The van der Waals surface area contributed by atoms with E-state index < -0.39 is 5.72 Å². The SMILES string of the molecule is CCCOC(C)(C)N. The zero-order valence-electron chi connectivity index (χ0n) is 5.90. The van der Waals surface area contributed by atoms with Crippen LogP contribution in [0.4, 0.5) is 0 Å². The monoisotopic (exact) mass is 117 g/mol. The summed E-state index contributed by atoms with van der Waals surface area (Å²) in [7, 11) is 0. The highest BCUT2D eigenvalue weighted by Gasteiger charge is 2.07. The molecule has 8 heavy (non-hydrogen) atoms. The van der Waals surface area contributed by atoms with Gasteiger partial charge in [-0.2, -0.15) is 0 Å². The predicted molar refractivity (Wildman–Crippen MR) is 34.5 cm³/mol. The van der Waals surface area contributed by atoms with Gasteiger partial charge >= 0.3 is 0 Å². The fourth-order valence-corrected chi connectivity index (χ4v) is 0.365. The largest absolute Gasteiger partial charge is 0.361 e. The summed E-state index contributed by atoms with van der Waals surface area (Å²) >= 11 is 0. The quantitative estimate of drug-likeness (QED) is 0.562. The first-order valence-corrected chi connectivity index (χ1v) is 2.99. The van der Waals surface area contributed by atoms with E-state index in [1.54, 1.807) is 0 Å². The third kappa shape index (κ3) is 5.92. The molecule has 2 nitrogen and oxygen atoms in total. The lowest BCUT2D eigenvalue weighted by molar-refractivity contribution is -0.0120. The lowest BCUT2D eigenvalue weighted by Gasteiger charge is -2.18. The van der Waals surface area contributed by atoms with Gasteiger partial charge in [-0.05, 0) is 20.3 Å². The molecule has 0 fully saturated rings. The molecule has 0 atom stereocenters. The summed E-state index contributed by atoms with van der Waals surface area (Å²) in [4.78, 5) is 0. The number of hydrogen-bond acceptors (Lipinski definition) is 2. The number of nitrogens with two attached hydrogens (primary N) is 1. The number of hydrogen-bond donors (Lipinski definition) is 1. The molecular weight excluding hydrogens is 102 g/mol. The topological polar surface area (TPSA) is 35.2 Å². The average molecular weight is 117 g/mol. The van der Waals surface area contributed by atoms with Crippen LogP contribution in [0.3, 0.4) is 0 Å². The van der Waals surface area contributed by atoms with Gasteiger partial charge in [0.05, 0.1) is 0 Å². The van der Waals surface area contributed by atoms with Gasteiger partial charge in [-0.15, -0.1) is 0 Å². The molecule has 0 aromatic carbocycles. The summed E-state index contributed by atoms with van der Waals surface area (Å²) in [6.07, 6.45) is 1.03. The van der Waals surface area contributed by atoms with Crippen LogP contribution in [0.5, 0.6) is 0 Å². The van der Waals surface area contributed by atoms with Crippen molar-refractivity contribution < 1.29 is 4.74 Å². The summed E-state index contributed by atoms with van der Waals surface area (Å²) in [6, 6.07) is 0. The second kappa shape index (κ2) is 3.05. The molecule has 2 heteroatoms. The molecule has 0 aliphatic rings. The van der Waals surface area contributed by atoms with Crippen molar-refractivity contribution in [3.05, 3.63) is 0 Å². The number of rotatable bonds is 3. The van der Waals surface area contributed by atoms with Gasteiger partial charge in [-0.25, -0.2) is 0 Å². The van der Waals surface area contributed by atoms with Crippen LogP contribution >= 0.6 is 0 Å². The molecule has 0 aliphatic carbocycles. The van der Waals surface area contributed by atoms with E-state index in [1.165, 1.54) is 0 Å². The average Bonchev–Trinajstić information content (AvgIpc) is 1.59. The number of ether oxygens (including phenoxy) is 1. The van der Waals surface area contributed by atoms with Crippen LogP contribution in [0, 0.1) is 0 Å². The van der Waals surface area contributed by atoms with Crippen LogP contribution in [0.1, 0.15) is 27.2 Å². The van der Waals surface area contributed by atoms with Crippen molar-refractivity contribution in [1.82, 2.24) is 0 Å². The molecule has 0 bridgehead atoms. The zero-order chi connectivity index (χ0) is 6.62. The Hall–Kier alpha value is -0.0800. The zero-order valence-corrected chi connectivity index (χ0v) is 5.90. The van der Waals surface area contributed by atoms with Crippen molar-refractivity contribution in [1.29, 1.82) is 0 Å². The minimum Gasteiger partial charge on any atom is -0.361 e. The Balaban J connectivity index is 3.11. The highest BCUT2D eigenvalue weighted by Crippen LogP contribution is 1.98.